The third-order valence-electron chi connectivity index (χ3n) is 2.46. The van der Waals surface area contributed by atoms with Gasteiger partial charge < -0.3 is 9.84 Å². The molecule has 1 atom stereocenters. The summed E-state index contributed by atoms with van der Waals surface area (Å²) in [5.41, 5.74) is -0.468. The Hall–Kier alpha value is -0.240. The van der Waals surface area contributed by atoms with Crippen LogP contribution in [0.25, 0.3) is 0 Å². The molecule has 0 saturated carbocycles. The SMILES string of the molecule is CCC(F)(F)c1cc(Br)ccc1O[C@@H](CF)C(=O)O.[Na]. The minimum atomic E-state index is -3.18. The van der Waals surface area contributed by atoms with Crippen LogP contribution in [0.5, 0.6) is 5.75 Å². The molecule has 0 fully saturated rings. The molecule has 0 unspecified atom stereocenters. The molecule has 1 radical (unpaired) electrons. The van der Waals surface area contributed by atoms with Crippen LogP contribution in [0.1, 0.15) is 18.9 Å². The van der Waals surface area contributed by atoms with E-state index in [2.05, 4.69) is 15.9 Å². The second-order valence-electron chi connectivity index (χ2n) is 3.80. The Kier molecular flexibility index (Phi) is 8.16. The summed E-state index contributed by atoms with van der Waals surface area (Å²) in [5, 5.41) is 8.68. The fraction of sp³-hybridized carbons (Fsp3) is 0.417. The number of carbonyl (C=O) groups is 1. The predicted octanol–water partition coefficient (Wildman–Crippen LogP) is 3.37. The molecule has 0 bridgehead atoms. The zero-order chi connectivity index (χ0) is 14.6. The molecule has 8 heteroatoms. The van der Waals surface area contributed by atoms with Crippen molar-refractivity contribution in [2.45, 2.75) is 25.4 Å². The van der Waals surface area contributed by atoms with Crippen molar-refractivity contribution in [3.63, 3.8) is 0 Å². The average Bonchev–Trinajstić information content (AvgIpc) is 2.36. The first-order valence-corrected chi connectivity index (χ1v) is 6.24. The first-order valence-electron chi connectivity index (χ1n) is 5.45. The summed E-state index contributed by atoms with van der Waals surface area (Å²) in [6, 6.07) is 3.74. The molecule has 107 valence electrons. The summed E-state index contributed by atoms with van der Waals surface area (Å²) in [6.45, 7) is -0.0168. The van der Waals surface area contributed by atoms with Crippen LogP contribution in [0, 0.1) is 0 Å². The van der Waals surface area contributed by atoms with Gasteiger partial charge in [-0.15, -0.1) is 0 Å². The predicted molar refractivity (Wildman–Crippen MR) is 72.1 cm³/mol. The van der Waals surface area contributed by atoms with Gasteiger partial charge in [0, 0.05) is 40.5 Å². The number of hydrogen-bond acceptors (Lipinski definition) is 2. The molecule has 1 rings (SSSR count). The van der Waals surface area contributed by atoms with Gasteiger partial charge in [0.05, 0.1) is 5.56 Å². The number of aliphatic carboxylic acids is 1. The zero-order valence-electron chi connectivity index (χ0n) is 11.0. The van der Waals surface area contributed by atoms with Gasteiger partial charge in [0.2, 0.25) is 6.10 Å². The summed E-state index contributed by atoms with van der Waals surface area (Å²) in [5.74, 6) is -5.06. The van der Waals surface area contributed by atoms with Crippen LogP contribution in [-0.4, -0.2) is 53.4 Å². The van der Waals surface area contributed by atoms with Gasteiger partial charge in [-0.3, -0.25) is 0 Å². The zero-order valence-corrected chi connectivity index (χ0v) is 14.6. The summed E-state index contributed by atoms with van der Waals surface area (Å²) < 4.78 is 45.2. The van der Waals surface area contributed by atoms with Gasteiger partial charge >= 0.3 is 5.97 Å². The maximum atomic E-state index is 13.7. The summed E-state index contributed by atoms with van der Waals surface area (Å²) in [6.07, 6.45) is -2.28. The van der Waals surface area contributed by atoms with Crippen LogP contribution in [0.4, 0.5) is 13.2 Å². The van der Waals surface area contributed by atoms with Crippen molar-refractivity contribution < 1.29 is 27.8 Å². The van der Waals surface area contributed by atoms with E-state index in [-0.39, 0.29) is 35.3 Å². The van der Waals surface area contributed by atoms with Crippen molar-refractivity contribution in [1.82, 2.24) is 0 Å². The van der Waals surface area contributed by atoms with Crippen LogP contribution in [0.3, 0.4) is 0 Å². The van der Waals surface area contributed by atoms with Gasteiger partial charge in [-0.25, -0.2) is 18.0 Å². The molecule has 0 amide bonds. The maximum absolute atomic E-state index is 13.7. The molecule has 1 aromatic carbocycles. The quantitative estimate of drug-likeness (QED) is 0.788. The first-order chi connectivity index (χ1) is 8.81. The van der Waals surface area contributed by atoms with E-state index < -0.39 is 36.7 Å². The van der Waals surface area contributed by atoms with E-state index in [1.54, 1.807) is 0 Å². The van der Waals surface area contributed by atoms with E-state index in [4.69, 9.17) is 9.84 Å². The number of carboxylic acids is 1. The number of rotatable bonds is 6. The number of ether oxygens (including phenoxy) is 1. The Bertz CT molecular complexity index is 471. The normalized spacial score (nSPS) is 12.4. The van der Waals surface area contributed by atoms with Crippen molar-refractivity contribution in [3.8, 4) is 5.75 Å². The van der Waals surface area contributed by atoms with E-state index in [0.29, 0.717) is 4.47 Å². The summed E-state index contributed by atoms with van der Waals surface area (Å²) in [4.78, 5) is 10.7. The Morgan fingerprint density at radius 2 is 2.10 bits per heavy atom. The molecule has 0 aliphatic rings. The fourth-order valence-electron chi connectivity index (χ4n) is 1.38. The van der Waals surface area contributed by atoms with Gasteiger partial charge in [-0.05, 0) is 18.2 Å². The summed E-state index contributed by atoms with van der Waals surface area (Å²) >= 11 is 3.05. The monoisotopic (exact) mass is 363 g/mol. The number of benzene rings is 1. The molecular formula is C12H12BrF3NaO3. The van der Waals surface area contributed by atoms with E-state index in [9.17, 15) is 18.0 Å². The van der Waals surface area contributed by atoms with E-state index >= 15 is 0 Å². The average molecular weight is 364 g/mol. The molecular weight excluding hydrogens is 352 g/mol. The molecule has 1 N–H and O–H groups in total. The fourth-order valence-corrected chi connectivity index (χ4v) is 1.74. The second kappa shape index (κ2) is 8.26. The molecule has 3 nitrogen and oxygen atoms in total. The van der Waals surface area contributed by atoms with Crippen LogP contribution in [-0.2, 0) is 10.7 Å². The third kappa shape index (κ3) is 4.95. The molecule has 0 aromatic heterocycles. The van der Waals surface area contributed by atoms with Crippen LogP contribution in [0.2, 0.25) is 0 Å². The van der Waals surface area contributed by atoms with Gasteiger partial charge in [0.15, 0.2) is 0 Å². The molecule has 20 heavy (non-hydrogen) atoms. The van der Waals surface area contributed by atoms with E-state index in [1.165, 1.54) is 19.1 Å². The Balaban J connectivity index is 0.00000361. The van der Waals surface area contributed by atoms with Gasteiger partial charge in [0.25, 0.3) is 5.92 Å². The van der Waals surface area contributed by atoms with E-state index in [1.807, 2.05) is 0 Å². The number of hydrogen-bond donors (Lipinski definition) is 1. The third-order valence-corrected chi connectivity index (χ3v) is 2.96. The number of halogens is 4. The van der Waals surface area contributed by atoms with Crippen LogP contribution in [0.15, 0.2) is 22.7 Å². The molecule has 0 aliphatic heterocycles. The van der Waals surface area contributed by atoms with Crippen molar-refractivity contribution in [3.05, 3.63) is 28.2 Å². The first kappa shape index (κ1) is 19.8. The second-order valence-corrected chi connectivity index (χ2v) is 4.71. The van der Waals surface area contributed by atoms with Crippen molar-refractivity contribution in [2.24, 2.45) is 0 Å². The van der Waals surface area contributed by atoms with Gasteiger partial charge in [0.1, 0.15) is 12.4 Å². The molecule has 0 spiro atoms. The molecule has 0 aliphatic carbocycles. The number of alkyl halides is 3. The largest absolute Gasteiger partial charge is 0.478 e. The topological polar surface area (TPSA) is 46.5 Å². The Morgan fingerprint density at radius 1 is 1.50 bits per heavy atom. The van der Waals surface area contributed by atoms with Gasteiger partial charge in [-0.2, -0.15) is 0 Å². The van der Waals surface area contributed by atoms with E-state index in [0.717, 1.165) is 6.07 Å². The smallest absolute Gasteiger partial charge is 0.347 e. The van der Waals surface area contributed by atoms with Gasteiger partial charge in [-0.1, -0.05) is 22.9 Å². The molecule has 1 aromatic rings. The van der Waals surface area contributed by atoms with Crippen LogP contribution >= 0.6 is 15.9 Å². The maximum Gasteiger partial charge on any atom is 0.347 e. The van der Waals surface area contributed by atoms with Crippen LogP contribution < -0.4 is 4.74 Å². The minimum Gasteiger partial charge on any atom is -0.478 e. The molecule has 0 heterocycles. The molecule has 0 saturated heterocycles. The standard InChI is InChI=1S/C12H12BrF3O3.Na/c1-2-12(15,16)8-5-7(13)3-4-9(8)19-10(6-14)11(17)18;/h3-5,10H,2,6H2,1H3,(H,17,18);/t10-;/m0./s1. The number of carboxylic acid groups (broad SMARTS) is 1. The summed E-state index contributed by atoms with van der Waals surface area (Å²) in [7, 11) is 0. The Labute approximate surface area is 144 Å². The minimum absolute atomic E-state index is 0. The van der Waals surface area contributed by atoms with Crippen molar-refractivity contribution >= 4 is 51.5 Å². The Morgan fingerprint density at radius 3 is 2.55 bits per heavy atom. The van der Waals surface area contributed by atoms with Crippen molar-refractivity contribution in [2.75, 3.05) is 6.67 Å². The van der Waals surface area contributed by atoms with Crippen molar-refractivity contribution in [1.29, 1.82) is 0 Å².